The molecule has 1 aromatic carbocycles. The van der Waals surface area contributed by atoms with Crippen LogP contribution < -0.4 is 0 Å². The number of furan rings is 1. The van der Waals surface area contributed by atoms with Gasteiger partial charge in [-0.25, -0.2) is 0 Å². The summed E-state index contributed by atoms with van der Waals surface area (Å²) in [4.78, 5) is 29.8. The van der Waals surface area contributed by atoms with Crippen molar-refractivity contribution in [2.24, 2.45) is 0 Å². The molecule has 162 valence electrons. The number of nitrogens with zero attached hydrogens (tertiary/aromatic N) is 2. The highest BCUT2D eigenvalue weighted by Gasteiger charge is 2.42. The molecule has 0 radical (unpaired) electrons. The molecule has 0 saturated carbocycles. The zero-order valence-electron chi connectivity index (χ0n) is 17.3. The van der Waals surface area contributed by atoms with E-state index in [2.05, 4.69) is 4.90 Å². The van der Waals surface area contributed by atoms with E-state index in [1.807, 2.05) is 30.3 Å². The van der Waals surface area contributed by atoms with Gasteiger partial charge in [-0.15, -0.1) is 0 Å². The Morgan fingerprint density at radius 1 is 1.10 bits per heavy atom. The van der Waals surface area contributed by atoms with Crippen LogP contribution in [0.2, 0.25) is 0 Å². The summed E-state index contributed by atoms with van der Waals surface area (Å²) in [7, 11) is 0. The molecule has 0 aliphatic carbocycles. The van der Waals surface area contributed by atoms with E-state index in [0.717, 1.165) is 44.8 Å². The zero-order chi connectivity index (χ0) is 21.6. The lowest BCUT2D eigenvalue weighted by Gasteiger charge is -2.29. The second-order valence-corrected chi connectivity index (χ2v) is 7.59. The van der Waals surface area contributed by atoms with Crippen LogP contribution >= 0.6 is 0 Å². The van der Waals surface area contributed by atoms with E-state index < -0.39 is 23.5 Å². The molecule has 1 aromatic heterocycles. The van der Waals surface area contributed by atoms with Crippen molar-refractivity contribution in [1.29, 1.82) is 0 Å². The van der Waals surface area contributed by atoms with Crippen molar-refractivity contribution < 1.29 is 23.8 Å². The number of carbonyl (C=O) groups is 2. The number of aliphatic hydroxyl groups is 1. The average molecular weight is 422 g/mol. The number of carbonyl (C=O) groups excluding carboxylic acids is 2. The second kappa shape index (κ2) is 9.76. The molecular weight excluding hydrogens is 396 g/mol. The van der Waals surface area contributed by atoms with Gasteiger partial charge in [-0.3, -0.25) is 14.5 Å². The molecule has 2 aromatic rings. The Morgan fingerprint density at radius 3 is 2.58 bits per heavy atom. The lowest BCUT2D eigenvalue weighted by molar-refractivity contribution is -0.129. The van der Waals surface area contributed by atoms with Gasteiger partial charge in [0.05, 0.1) is 31.1 Å². The summed E-state index contributed by atoms with van der Waals surface area (Å²) in [5.74, 6) is -0.872. The first-order chi connectivity index (χ1) is 15.1. The standard InChI is InChI=1S/C24H26N2O5/c27-20(10-9-19-8-4-15-31-19)21-22(18-6-2-1-3-7-18)26(24(29)23(21)28)12-5-11-25-13-16-30-17-14-25/h1-4,6-10,15,22,28H,5,11-14,16-17H2/b10-9+. The Bertz CT molecular complexity index is 959. The molecule has 0 bridgehead atoms. The zero-order valence-corrected chi connectivity index (χ0v) is 17.3. The number of morpholine rings is 1. The first-order valence-corrected chi connectivity index (χ1v) is 10.5. The highest BCUT2D eigenvalue weighted by Crippen LogP contribution is 2.38. The number of amides is 1. The smallest absolute Gasteiger partial charge is 0.290 e. The summed E-state index contributed by atoms with van der Waals surface area (Å²) in [6, 6.07) is 12.2. The molecule has 2 aliphatic heterocycles. The fraction of sp³-hybridized carbons (Fsp3) is 0.333. The molecular formula is C24H26N2O5. The molecule has 0 spiro atoms. The van der Waals surface area contributed by atoms with Gasteiger partial charge < -0.3 is 19.2 Å². The highest BCUT2D eigenvalue weighted by molar-refractivity contribution is 6.14. The molecule has 1 fully saturated rings. The lowest BCUT2D eigenvalue weighted by Crippen LogP contribution is -2.39. The van der Waals surface area contributed by atoms with Crippen molar-refractivity contribution >= 4 is 17.8 Å². The highest BCUT2D eigenvalue weighted by atomic mass is 16.5. The normalized spacial score (nSPS) is 20.2. The van der Waals surface area contributed by atoms with E-state index in [9.17, 15) is 14.7 Å². The Hall–Kier alpha value is -3.16. The first-order valence-electron chi connectivity index (χ1n) is 10.5. The van der Waals surface area contributed by atoms with Crippen LogP contribution in [0.1, 0.15) is 23.8 Å². The van der Waals surface area contributed by atoms with Gasteiger partial charge in [-0.05, 0) is 36.3 Å². The van der Waals surface area contributed by atoms with Gasteiger partial charge in [0.2, 0.25) is 0 Å². The van der Waals surface area contributed by atoms with Gasteiger partial charge in [-0.1, -0.05) is 30.3 Å². The molecule has 2 aliphatic rings. The molecule has 1 amide bonds. The Morgan fingerprint density at radius 2 is 1.87 bits per heavy atom. The number of hydrogen-bond acceptors (Lipinski definition) is 6. The predicted molar refractivity (Wildman–Crippen MR) is 115 cm³/mol. The maximum absolute atomic E-state index is 13.0. The number of benzene rings is 1. The predicted octanol–water partition coefficient (Wildman–Crippen LogP) is 2.98. The van der Waals surface area contributed by atoms with Gasteiger partial charge >= 0.3 is 0 Å². The van der Waals surface area contributed by atoms with Gasteiger partial charge in [0.25, 0.3) is 5.91 Å². The number of rotatable bonds is 8. The molecule has 1 saturated heterocycles. The van der Waals surface area contributed by atoms with E-state index in [1.165, 1.54) is 18.4 Å². The summed E-state index contributed by atoms with van der Waals surface area (Å²) < 4.78 is 10.6. The first kappa shape index (κ1) is 21.1. The van der Waals surface area contributed by atoms with Crippen molar-refractivity contribution in [2.75, 3.05) is 39.4 Å². The van der Waals surface area contributed by atoms with Crippen LogP contribution in [0.15, 0.2) is 70.6 Å². The molecule has 3 heterocycles. The van der Waals surface area contributed by atoms with Gasteiger partial charge in [0, 0.05) is 26.2 Å². The summed E-state index contributed by atoms with van der Waals surface area (Å²) in [6.45, 7) is 4.47. The Kier molecular flexibility index (Phi) is 6.64. The molecule has 7 nitrogen and oxygen atoms in total. The Balaban J connectivity index is 1.54. The summed E-state index contributed by atoms with van der Waals surface area (Å²) in [5.41, 5.74) is 0.895. The summed E-state index contributed by atoms with van der Waals surface area (Å²) in [6.07, 6.45) is 5.14. The molecule has 1 N–H and O–H groups in total. The largest absolute Gasteiger partial charge is 0.503 e. The van der Waals surface area contributed by atoms with Crippen LogP contribution in [-0.2, 0) is 14.3 Å². The van der Waals surface area contributed by atoms with Crippen molar-refractivity contribution in [3.63, 3.8) is 0 Å². The van der Waals surface area contributed by atoms with E-state index >= 15 is 0 Å². The van der Waals surface area contributed by atoms with Crippen molar-refractivity contribution in [1.82, 2.24) is 9.80 Å². The molecule has 1 atom stereocenters. The van der Waals surface area contributed by atoms with Crippen molar-refractivity contribution in [3.05, 3.63) is 77.5 Å². The van der Waals surface area contributed by atoms with Crippen LogP contribution in [0.4, 0.5) is 0 Å². The van der Waals surface area contributed by atoms with Gasteiger partial charge in [0.1, 0.15) is 5.76 Å². The van der Waals surface area contributed by atoms with Gasteiger partial charge in [0.15, 0.2) is 11.5 Å². The average Bonchev–Trinajstić information content (AvgIpc) is 3.41. The fourth-order valence-corrected chi connectivity index (χ4v) is 4.04. The van der Waals surface area contributed by atoms with E-state index in [-0.39, 0.29) is 5.57 Å². The van der Waals surface area contributed by atoms with Crippen molar-refractivity contribution in [3.8, 4) is 0 Å². The maximum Gasteiger partial charge on any atom is 0.290 e. The SMILES string of the molecule is O=C(/C=C/c1ccco1)C1=C(O)C(=O)N(CCCN2CCOCC2)C1c1ccccc1. The topological polar surface area (TPSA) is 83.2 Å². The van der Waals surface area contributed by atoms with Crippen LogP contribution in [0.25, 0.3) is 6.08 Å². The molecule has 4 rings (SSSR count). The second-order valence-electron chi connectivity index (χ2n) is 7.59. The Labute approximate surface area is 181 Å². The summed E-state index contributed by atoms with van der Waals surface area (Å²) >= 11 is 0. The third-order valence-electron chi connectivity index (χ3n) is 5.60. The van der Waals surface area contributed by atoms with Crippen LogP contribution in [-0.4, -0.2) is 66.0 Å². The van der Waals surface area contributed by atoms with Crippen molar-refractivity contribution in [2.45, 2.75) is 12.5 Å². The minimum atomic E-state index is -0.618. The van der Waals surface area contributed by atoms with E-state index in [4.69, 9.17) is 9.15 Å². The molecule has 31 heavy (non-hydrogen) atoms. The number of ether oxygens (including phenoxy) is 1. The maximum atomic E-state index is 13.0. The van der Waals surface area contributed by atoms with Crippen LogP contribution in [0, 0.1) is 0 Å². The number of allylic oxidation sites excluding steroid dienone is 1. The third-order valence-corrected chi connectivity index (χ3v) is 5.60. The third kappa shape index (κ3) is 4.78. The minimum Gasteiger partial charge on any atom is -0.503 e. The molecule has 7 heteroatoms. The summed E-state index contributed by atoms with van der Waals surface area (Å²) in [5, 5.41) is 10.6. The van der Waals surface area contributed by atoms with Crippen LogP contribution in [0.5, 0.6) is 0 Å². The fourth-order valence-electron chi connectivity index (χ4n) is 4.04. The lowest BCUT2D eigenvalue weighted by atomic mass is 9.95. The molecule has 1 unspecified atom stereocenters. The van der Waals surface area contributed by atoms with Gasteiger partial charge in [-0.2, -0.15) is 0 Å². The number of hydrogen-bond donors (Lipinski definition) is 1. The van der Waals surface area contributed by atoms with Crippen LogP contribution in [0.3, 0.4) is 0 Å². The quantitative estimate of drug-likeness (QED) is 0.659. The van der Waals surface area contributed by atoms with E-state index in [0.29, 0.717) is 12.3 Å². The van der Waals surface area contributed by atoms with E-state index in [1.54, 1.807) is 17.0 Å². The minimum absolute atomic E-state index is 0.102. The monoisotopic (exact) mass is 422 g/mol. The number of aliphatic hydroxyl groups excluding tert-OH is 1. The number of ketones is 1.